The quantitative estimate of drug-likeness (QED) is 0.668. The predicted octanol–water partition coefficient (Wildman–Crippen LogP) is 3.09. The summed E-state index contributed by atoms with van der Waals surface area (Å²) in [6.07, 6.45) is 0. The first-order valence-corrected chi connectivity index (χ1v) is 6.95. The van der Waals surface area contributed by atoms with Gasteiger partial charge in [-0.05, 0) is 52.0 Å². The van der Waals surface area contributed by atoms with Gasteiger partial charge in [-0.2, -0.15) is 0 Å². The highest BCUT2D eigenvalue weighted by atomic mass is 16.5. The molecule has 0 aromatic heterocycles. The number of nitrogens with one attached hydrogen (secondary N) is 1. The Kier molecular flexibility index (Phi) is 6.10. The van der Waals surface area contributed by atoms with Crippen LogP contribution < -0.4 is 10.1 Å². The van der Waals surface area contributed by atoms with Crippen molar-refractivity contribution >= 4 is 11.7 Å². The Hall–Kier alpha value is -2.15. The number of rotatable bonds is 5. The van der Waals surface area contributed by atoms with Gasteiger partial charge in [0.15, 0.2) is 6.04 Å². The number of carbonyl (C=O) groups is 1. The lowest BCUT2D eigenvalue weighted by molar-refractivity contribution is -0.142. The summed E-state index contributed by atoms with van der Waals surface area (Å²) in [6, 6.07) is 6.63. The molecule has 1 aromatic carbocycles. The molecule has 0 aliphatic carbocycles. The molecule has 4 nitrogen and oxygen atoms in total. The first-order valence-electron chi connectivity index (χ1n) is 6.95. The van der Waals surface area contributed by atoms with Crippen LogP contribution in [0.5, 0.6) is 5.75 Å². The second-order valence-electron chi connectivity index (χ2n) is 5.58. The zero-order valence-electron chi connectivity index (χ0n) is 13.3. The molecule has 0 spiro atoms. The van der Waals surface area contributed by atoms with Gasteiger partial charge in [-0.3, -0.25) is 0 Å². The first-order chi connectivity index (χ1) is 9.85. The average Bonchev–Trinajstić information content (AvgIpc) is 2.43. The Morgan fingerprint density at radius 1 is 1.29 bits per heavy atom. The fourth-order valence-corrected chi connectivity index (χ4v) is 1.52. The maximum Gasteiger partial charge on any atom is 0.341 e. The van der Waals surface area contributed by atoms with E-state index < -0.39 is 6.04 Å². The zero-order valence-corrected chi connectivity index (χ0v) is 13.3. The second-order valence-corrected chi connectivity index (χ2v) is 5.58. The van der Waals surface area contributed by atoms with Gasteiger partial charge in [0.05, 0.1) is 13.7 Å². The van der Waals surface area contributed by atoms with Crippen molar-refractivity contribution in [2.24, 2.45) is 5.41 Å². The van der Waals surface area contributed by atoms with Crippen LogP contribution in [0.4, 0.5) is 5.69 Å². The van der Waals surface area contributed by atoms with Gasteiger partial charge in [0.1, 0.15) is 5.75 Å². The van der Waals surface area contributed by atoms with Gasteiger partial charge in [0.2, 0.25) is 0 Å². The fraction of sp³-hybridized carbons (Fsp3) is 0.471. The van der Waals surface area contributed by atoms with E-state index in [1.807, 2.05) is 45.0 Å². The molecule has 0 aliphatic heterocycles. The molecule has 1 aromatic rings. The highest BCUT2D eigenvalue weighted by Crippen LogP contribution is 2.16. The van der Waals surface area contributed by atoms with Crippen LogP contribution >= 0.6 is 0 Å². The number of ether oxygens (including phenoxy) is 2. The summed E-state index contributed by atoms with van der Waals surface area (Å²) in [5.41, 5.74) is 0.615. The average molecular weight is 289 g/mol. The summed E-state index contributed by atoms with van der Waals surface area (Å²) in [5, 5.41) is 3.08. The number of hydrogen-bond donors (Lipinski definition) is 1. The monoisotopic (exact) mass is 289 g/mol. The van der Waals surface area contributed by atoms with Crippen LogP contribution in [0.15, 0.2) is 24.3 Å². The van der Waals surface area contributed by atoms with E-state index in [9.17, 15) is 4.79 Å². The van der Waals surface area contributed by atoms with Crippen molar-refractivity contribution in [3.63, 3.8) is 0 Å². The van der Waals surface area contributed by atoms with Crippen LogP contribution in [-0.2, 0) is 9.53 Å². The topological polar surface area (TPSA) is 47.6 Å². The molecule has 0 amide bonds. The summed E-state index contributed by atoms with van der Waals surface area (Å²) in [6.45, 7) is 8.09. The van der Waals surface area contributed by atoms with Crippen molar-refractivity contribution in [3.05, 3.63) is 24.3 Å². The highest BCUT2D eigenvalue weighted by molar-refractivity contribution is 5.83. The van der Waals surface area contributed by atoms with E-state index in [0.717, 1.165) is 11.4 Å². The lowest BCUT2D eigenvalue weighted by Gasteiger charge is -2.15. The van der Waals surface area contributed by atoms with Gasteiger partial charge < -0.3 is 14.8 Å². The molecule has 1 N–H and O–H groups in total. The number of hydrogen-bond acceptors (Lipinski definition) is 4. The van der Waals surface area contributed by atoms with E-state index >= 15 is 0 Å². The maximum absolute atomic E-state index is 12.0. The van der Waals surface area contributed by atoms with Crippen molar-refractivity contribution < 1.29 is 14.3 Å². The molecule has 0 saturated carbocycles. The molecule has 1 unspecified atom stereocenters. The summed E-state index contributed by atoms with van der Waals surface area (Å²) in [5.74, 6) is 6.41. The molecule has 1 rings (SSSR count). The Balaban J connectivity index is 2.89. The minimum atomic E-state index is -0.683. The molecule has 0 fully saturated rings. The number of methoxy groups -OCH3 is 1. The first kappa shape index (κ1) is 16.9. The molecule has 4 heteroatoms. The molecule has 0 saturated heterocycles. The van der Waals surface area contributed by atoms with Crippen LogP contribution in [0.1, 0.15) is 27.7 Å². The second kappa shape index (κ2) is 7.58. The normalized spacial score (nSPS) is 11.9. The van der Waals surface area contributed by atoms with E-state index in [2.05, 4.69) is 17.2 Å². The number of anilines is 1. The lowest BCUT2D eigenvalue weighted by atomic mass is 9.97. The van der Waals surface area contributed by atoms with Crippen molar-refractivity contribution in [1.82, 2.24) is 0 Å². The van der Waals surface area contributed by atoms with Crippen LogP contribution in [0, 0.1) is 17.3 Å². The van der Waals surface area contributed by atoms with Crippen LogP contribution in [0.25, 0.3) is 0 Å². The maximum atomic E-state index is 12.0. The van der Waals surface area contributed by atoms with E-state index in [1.54, 1.807) is 14.0 Å². The third kappa shape index (κ3) is 6.22. The van der Waals surface area contributed by atoms with Crippen molar-refractivity contribution in [1.29, 1.82) is 0 Å². The number of esters is 1. The fourth-order valence-electron chi connectivity index (χ4n) is 1.52. The molecule has 0 heterocycles. The number of benzene rings is 1. The summed E-state index contributed by atoms with van der Waals surface area (Å²) in [7, 11) is 1.61. The smallest absolute Gasteiger partial charge is 0.341 e. The Morgan fingerprint density at radius 2 is 1.90 bits per heavy atom. The molecule has 0 aliphatic rings. The van der Waals surface area contributed by atoms with Crippen LogP contribution in [-0.4, -0.2) is 25.7 Å². The lowest BCUT2D eigenvalue weighted by Crippen LogP contribution is -2.30. The standard InChI is InChI=1S/C17H23NO3/c1-6-21-16(19)15(11-12-17(2,3)4)18-13-7-9-14(20-5)10-8-13/h7-10,15,18H,6H2,1-5H3. The summed E-state index contributed by atoms with van der Waals surface area (Å²) < 4.78 is 10.2. The van der Waals surface area contributed by atoms with Gasteiger partial charge in [-0.1, -0.05) is 11.8 Å². The molecule has 1 atom stereocenters. The van der Waals surface area contributed by atoms with Crippen LogP contribution in [0.2, 0.25) is 0 Å². The van der Waals surface area contributed by atoms with Gasteiger partial charge in [0.25, 0.3) is 0 Å². The van der Waals surface area contributed by atoms with Gasteiger partial charge in [-0.25, -0.2) is 4.79 Å². The van der Waals surface area contributed by atoms with Gasteiger partial charge in [-0.15, -0.1) is 0 Å². The van der Waals surface area contributed by atoms with E-state index in [0.29, 0.717) is 6.61 Å². The van der Waals surface area contributed by atoms with Crippen LogP contribution in [0.3, 0.4) is 0 Å². The molecule has 0 bridgehead atoms. The summed E-state index contributed by atoms with van der Waals surface area (Å²) in [4.78, 5) is 12.0. The molecular formula is C17H23NO3. The molecule has 21 heavy (non-hydrogen) atoms. The van der Waals surface area contributed by atoms with Crippen molar-refractivity contribution in [2.75, 3.05) is 19.0 Å². The largest absolute Gasteiger partial charge is 0.497 e. The van der Waals surface area contributed by atoms with Crippen molar-refractivity contribution in [2.45, 2.75) is 33.7 Å². The number of carbonyl (C=O) groups excluding carboxylic acids is 1. The Bertz CT molecular complexity index is 518. The predicted molar refractivity (Wildman–Crippen MR) is 84.3 cm³/mol. The van der Waals surface area contributed by atoms with Gasteiger partial charge in [0, 0.05) is 11.1 Å². The minimum absolute atomic E-state index is 0.174. The highest BCUT2D eigenvalue weighted by Gasteiger charge is 2.18. The molecular weight excluding hydrogens is 266 g/mol. The third-order valence-electron chi connectivity index (χ3n) is 2.51. The van der Waals surface area contributed by atoms with E-state index in [-0.39, 0.29) is 11.4 Å². The third-order valence-corrected chi connectivity index (χ3v) is 2.51. The molecule has 0 radical (unpaired) electrons. The van der Waals surface area contributed by atoms with Crippen molar-refractivity contribution in [3.8, 4) is 17.6 Å². The zero-order chi connectivity index (χ0) is 15.9. The molecule has 114 valence electrons. The minimum Gasteiger partial charge on any atom is -0.497 e. The SMILES string of the molecule is CCOC(=O)C(C#CC(C)(C)C)Nc1ccc(OC)cc1. The van der Waals surface area contributed by atoms with E-state index in [4.69, 9.17) is 9.47 Å². The Labute approximate surface area is 126 Å². The Morgan fingerprint density at radius 3 is 2.38 bits per heavy atom. The van der Waals surface area contributed by atoms with Gasteiger partial charge >= 0.3 is 5.97 Å². The summed E-state index contributed by atoms with van der Waals surface area (Å²) >= 11 is 0. The van der Waals surface area contributed by atoms with E-state index in [1.165, 1.54) is 0 Å².